The van der Waals surface area contributed by atoms with Crippen LogP contribution in [0.3, 0.4) is 0 Å². The largest absolute Gasteiger partial charge is 0.277 e. The SMILES string of the molecule is BrN(c1ccccc1)c1ccccc1.c1cc2cc3ccc2cc13. The zero-order valence-corrected chi connectivity index (χ0v) is 14.6. The predicted octanol–water partition coefficient (Wildman–Crippen LogP) is 7.00. The van der Waals surface area contributed by atoms with Gasteiger partial charge in [0.2, 0.25) is 0 Å². The Labute approximate surface area is 150 Å². The minimum atomic E-state index is 1.12. The van der Waals surface area contributed by atoms with Gasteiger partial charge in [0.15, 0.2) is 0 Å². The van der Waals surface area contributed by atoms with Crippen molar-refractivity contribution in [1.29, 1.82) is 0 Å². The molecular weight excluding hydrogens is 358 g/mol. The van der Waals surface area contributed by atoms with Crippen molar-refractivity contribution in [3.63, 3.8) is 0 Å². The molecule has 0 spiro atoms. The minimum absolute atomic E-state index is 1.12. The van der Waals surface area contributed by atoms with Gasteiger partial charge in [-0.3, -0.25) is 3.93 Å². The van der Waals surface area contributed by atoms with Crippen LogP contribution in [0.1, 0.15) is 0 Å². The highest BCUT2D eigenvalue weighted by atomic mass is 79.9. The molecule has 24 heavy (non-hydrogen) atoms. The lowest BCUT2D eigenvalue weighted by molar-refractivity contribution is 1.45. The van der Waals surface area contributed by atoms with Crippen LogP contribution in [0, 0.1) is 0 Å². The third-order valence-corrected chi connectivity index (χ3v) is 4.96. The standard InChI is InChI=1S/C12H10BrN.C10H6/c13-14(11-7-3-1-4-8-11)12-9-5-2-6-10-12;1-2-8-6-9-3-4-10(8)5-7(1)9/h1-10H;1-6H. The molecule has 0 atom stereocenters. The summed E-state index contributed by atoms with van der Waals surface area (Å²) in [4.78, 5) is 0. The van der Waals surface area contributed by atoms with Gasteiger partial charge in [-0.05, 0) is 57.9 Å². The molecule has 1 nitrogen and oxygen atoms in total. The van der Waals surface area contributed by atoms with Gasteiger partial charge in [-0.1, -0.05) is 60.7 Å². The first-order chi connectivity index (χ1) is 11.8. The van der Waals surface area contributed by atoms with Gasteiger partial charge < -0.3 is 0 Å². The molecule has 0 aliphatic heterocycles. The molecule has 116 valence electrons. The normalized spacial score (nSPS) is 10.7. The van der Waals surface area contributed by atoms with Crippen LogP contribution in [-0.2, 0) is 0 Å². The Kier molecular flexibility index (Phi) is 4.06. The number of benzene rings is 7. The molecule has 0 unspecified atom stereocenters. The Morgan fingerprint density at radius 1 is 0.458 bits per heavy atom. The van der Waals surface area contributed by atoms with E-state index in [1.54, 1.807) is 0 Å². The first-order valence-electron chi connectivity index (χ1n) is 7.91. The fourth-order valence-corrected chi connectivity index (χ4v) is 3.34. The maximum Gasteiger partial charge on any atom is 0.0551 e. The van der Waals surface area contributed by atoms with Crippen LogP contribution >= 0.6 is 16.1 Å². The van der Waals surface area contributed by atoms with E-state index in [-0.39, 0.29) is 0 Å². The lowest BCUT2D eigenvalue weighted by atomic mass is 9.99. The van der Waals surface area contributed by atoms with Crippen LogP contribution in [-0.4, -0.2) is 0 Å². The van der Waals surface area contributed by atoms with Gasteiger partial charge in [0, 0.05) is 0 Å². The molecule has 7 aromatic carbocycles. The summed E-state index contributed by atoms with van der Waals surface area (Å²) in [6.07, 6.45) is 0. The second-order valence-corrected chi connectivity index (χ2v) is 6.44. The monoisotopic (exact) mass is 373 g/mol. The average molecular weight is 374 g/mol. The smallest absolute Gasteiger partial charge is 0.0551 e. The highest BCUT2D eigenvalue weighted by molar-refractivity contribution is 9.10. The van der Waals surface area contributed by atoms with E-state index in [4.69, 9.17) is 0 Å². The molecule has 0 amide bonds. The van der Waals surface area contributed by atoms with E-state index < -0.39 is 0 Å². The van der Waals surface area contributed by atoms with Crippen molar-refractivity contribution in [2.45, 2.75) is 0 Å². The summed E-state index contributed by atoms with van der Waals surface area (Å²) in [5, 5.41) is 5.47. The van der Waals surface area contributed by atoms with Gasteiger partial charge in [0.05, 0.1) is 27.5 Å². The van der Waals surface area contributed by atoms with Crippen LogP contribution < -0.4 is 3.93 Å². The lowest BCUT2D eigenvalue weighted by Gasteiger charge is -2.15. The van der Waals surface area contributed by atoms with Crippen molar-refractivity contribution < 1.29 is 0 Å². The molecule has 7 aromatic rings. The predicted molar refractivity (Wildman–Crippen MR) is 108 cm³/mol. The van der Waals surface area contributed by atoms with E-state index in [0.717, 1.165) is 11.4 Å². The van der Waals surface area contributed by atoms with Gasteiger partial charge in [0.25, 0.3) is 0 Å². The Hall–Kier alpha value is -2.58. The summed E-state index contributed by atoms with van der Waals surface area (Å²) in [7, 11) is 0. The zero-order chi connectivity index (χ0) is 16.4. The van der Waals surface area contributed by atoms with Crippen molar-refractivity contribution >= 4 is 49.1 Å². The number of fused-ring (bicyclic) bond motifs is 2. The maximum absolute atomic E-state index is 3.53. The van der Waals surface area contributed by atoms with Gasteiger partial charge in [-0.25, -0.2) is 0 Å². The fraction of sp³-hybridized carbons (Fsp3) is 0. The summed E-state index contributed by atoms with van der Waals surface area (Å²) < 4.78 is 1.98. The second kappa shape index (κ2) is 6.50. The van der Waals surface area contributed by atoms with E-state index in [2.05, 4.69) is 76.8 Å². The number of para-hydroxylation sites is 2. The van der Waals surface area contributed by atoms with Crippen molar-refractivity contribution in [2.24, 2.45) is 0 Å². The highest BCUT2D eigenvalue weighted by Gasteiger charge is 2.03. The molecule has 0 fully saturated rings. The number of hydrogen-bond acceptors (Lipinski definition) is 1. The van der Waals surface area contributed by atoms with E-state index in [1.165, 1.54) is 21.5 Å². The first-order valence-corrected chi connectivity index (χ1v) is 8.62. The van der Waals surface area contributed by atoms with Crippen molar-refractivity contribution in [3.8, 4) is 0 Å². The molecule has 0 N–H and O–H groups in total. The minimum Gasteiger partial charge on any atom is -0.277 e. The summed E-state index contributed by atoms with van der Waals surface area (Å²) in [6.45, 7) is 0. The van der Waals surface area contributed by atoms with Crippen LogP contribution in [0.4, 0.5) is 11.4 Å². The third-order valence-electron chi connectivity index (χ3n) is 4.14. The summed E-state index contributed by atoms with van der Waals surface area (Å²) >= 11 is 3.53. The Morgan fingerprint density at radius 2 is 0.792 bits per heavy atom. The molecule has 0 saturated heterocycles. The van der Waals surface area contributed by atoms with Gasteiger partial charge in [-0.2, -0.15) is 0 Å². The van der Waals surface area contributed by atoms with Gasteiger partial charge in [0.1, 0.15) is 0 Å². The third kappa shape index (κ3) is 2.93. The topological polar surface area (TPSA) is 3.24 Å². The number of nitrogens with zero attached hydrogens (tertiary/aromatic N) is 1. The van der Waals surface area contributed by atoms with Crippen LogP contribution in [0.5, 0.6) is 0 Å². The van der Waals surface area contributed by atoms with E-state index >= 15 is 0 Å². The summed E-state index contributed by atoms with van der Waals surface area (Å²) in [6, 6.07) is 33.5. The number of halogens is 1. The van der Waals surface area contributed by atoms with E-state index in [9.17, 15) is 0 Å². The quantitative estimate of drug-likeness (QED) is 0.301. The van der Waals surface area contributed by atoms with Crippen LogP contribution in [0.2, 0.25) is 0 Å². The van der Waals surface area contributed by atoms with Crippen molar-refractivity contribution in [1.82, 2.24) is 0 Å². The van der Waals surface area contributed by atoms with E-state index in [0.29, 0.717) is 0 Å². The van der Waals surface area contributed by atoms with E-state index in [1.807, 2.05) is 40.3 Å². The molecule has 0 aromatic heterocycles. The molecule has 0 aliphatic carbocycles. The van der Waals surface area contributed by atoms with Gasteiger partial charge >= 0.3 is 0 Å². The number of hydrogen-bond donors (Lipinski definition) is 0. The molecular formula is C22H16BrN. The molecule has 2 heteroatoms. The highest BCUT2D eigenvalue weighted by Crippen LogP contribution is 2.28. The molecule has 0 heterocycles. The Morgan fingerprint density at radius 3 is 1.08 bits per heavy atom. The van der Waals surface area contributed by atoms with Crippen LogP contribution in [0.25, 0.3) is 21.5 Å². The van der Waals surface area contributed by atoms with Crippen molar-refractivity contribution in [2.75, 3.05) is 3.93 Å². The van der Waals surface area contributed by atoms with Gasteiger partial charge in [-0.15, -0.1) is 0 Å². The summed E-state index contributed by atoms with van der Waals surface area (Å²) in [5.74, 6) is 0. The second-order valence-electron chi connectivity index (χ2n) is 5.73. The zero-order valence-electron chi connectivity index (χ0n) is 13.1. The molecule has 4 bridgehead atoms. The number of anilines is 2. The fourth-order valence-electron chi connectivity index (χ4n) is 2.87. The molecule has 0 aliphatic rings. The number of rotatable bonds is 2. The molecule has 0 saturated carbocycles. The summed E-state index contributed by atoms with van der Waals surface area (Å²) in [5.41, 5.74) is 2.25. The van der Waals surface area contributed by atoms with Crippen molar-refractivity contribution in [3.05, 3.63) is 97.1 Å². The Balaban J connectivity index is 0.000000127. The maximum atomic E-state index is 3.53. The molecule has 0 radical (unpaired) electrons. The molecule has 7 rings (SSSR count). The average Bonchev–Trinajstić information content (AvgIpc) is 2.70. The lowest BCUT2D eigenvalue weighted by Crippen LogP contribution is -1.99. The first kappa shape index (κ1) is 15.0. The van der Waals surface area contributed by atoms with Crippen LogP contribution in [0.15, 0.2) is 97.1 Å². The Bertz CT molecular complexity index is 888.